The van der Waals surface area contributed by atoms with E-state index in [1.165, 1.54) is 24.3 Å². The van der Waals surface area contributed by atoms with Gasteiger partial charge in [0, 0.05) is 24.1 Å². The molecule has 0 bridgehead atoms. The van der Waals surface area contributed by atoms with Crippen molar-refractivity contribution in [3.05, 3.63) is 65.1 Å². The SMILES string of the molecule is O=C1c2ccc(F)cc2CC[C@@H]2CCC(c3noc(-c4ccc(F)cn4)n3)CN12. The summed E-state index contributed by atoms with van der Waals surface area (Å²) < 4.78 is 32.0. The summed E-state index contributed by atoms with van der Waals surface area (Å²) in [5.41, 5.74) is 1.74. The van der Waals surface area contributed by atoms with Crippen LogP contribution in [0.2, 0.25) is 0 Å². The van der Waals surface area contributed by atoms with Gasteiger partial charge in [-0.05, 0) is 61.6 Å². The van der Waals surface area contributed by atoms with Crippen LogP contribution in [0.4, 0.5) is 8.78 Å². The molecule has 1 amide bonds. The quantitative estimate of drug-likeness (QED) is 0.660. The van der Waals surface area contributed by atoms with Crippen LogP contribution >= 0.6 is 0 Å². The van der Waals surface area contributed by atoms with E-state index in [0.29, 0.717) is 30.0 Å². The summed E-state index contributed by atoms with van der Waals surface area (Å²) in [6.07, 6.45) is 4.25. The van der Waals surface area contributed by atoms with Gasteiger partial charge >= 0.3 is 0 Å². The van der Waals surface area contributed by atoms with Crippen molar-refractivity contribution < 1.29 is 18.1 Å². The van der Waals surface area contributed by atoms with Crippen LogP contribution in [0, 0.1) is 11.6 Å². The molecule has 2 aromatic heterocycles. The van der Waals surface area contributed by atoms with Gasteiger partial charge in [-0.25, -0.2) is 13.8 Å². The summed E-state index contributed by atoms with van der Waals surface area (Å²) in [6.45, 7) is 0.482. The van der Waals surface area contributed by atoms with Gasteiger partial charge in [-0.3, -0.25) is 4.79 Å². The van der Waals surface area contributed by atoms with Crippen molar-refractivity contribution in [2.75, 3.05) is 6.54 Å². The van der Waals surface area contributed by atoms with Gasteiger partial charge in [0.25, 0.3) is 11.8 Å². The van der Waals surface area contributed by atoms with E-state index in [2.05, 4.69) is 15.1 Å². The number of carbonyl (C=O) groups is 1. The summed E-state index contributed by atoms with van der Waals surface area (Å²) in [5, 5.41) is 4.07. The van der Waals surface area contributed by atoms with Crippen molar-refractivity contribution in [2.45, 2.75) is 37.6 Å². The number of benzene rings is 1. The van der Waals surface area contributed by atoms with E-state index >= 15 is 0 Å². The van der Waals surface area contributed by atoms with Crippen molar-refractivity contribution in [2.24, 2.45) is 0 Å². The number of hydrogen-bond donors (Lipinski definition) is 0. The number of aromatic nitrogens is 3. The second kappa shape index (κ2) is 7.02. The van der Waals surface area contributed by atoms with E-state index in [1.807, 2.05) is 4.90 Å². The van der Waals surface area contributed by atoms with Crippen molar-refractivity contribution >= 4 is 5.91 Å². The van der Waals surface area contributed by atoms with Gasteiger partial charge in [0.15, 0.2) is 5.82 Å². The first-order valence-corrected chi connectivity index (χ1v) is 9.63. The molecule has 5 rings (SSSR count). The van der Waals surface area contributed by atoms with E-state index in [-0.39, 0.29) is 29.6 Å². The van der Waals surface area contributed by atoms with Gasteiger partial charge in [-0.15, -0.1) is 0 Å². The molecule has 3 aromatic rings. The van der Waals surface area contributed by atoms with Crippen molar-refractivity contribution in [3.63, 3.8) is 0 Å². The number of aryl methyl sites for hydroxylation is 1. The maximum Gasteiger partial charge on any atom is 0.276 e. The molecule has 0 N–H and O–H groups in total. The third kappa shape index (κ3) is 3.28. The van der Waals surface area contributed by atoms with Crippen molar-refractivity contribution in [1.82, 2.24) is 20.0 Å². The number of nitrogens with zero attached hydrogens (tertiary/aromatic N) is 4. The van der Waals surface area contributed by atoms with Gasteiger partial charge in [0.05, 0.1) is 6.20 Å². The molecule has 29 heavy (non-hydrogen) atoms. The van der Waals surface area contributed by atoms with Gasteiger partial charge in [0.2, 0.25) is 0 Å². The Morgan fingerprint density at radius 2 is 1.93 bits per heavy atom. The maximum atomic E-state index is 13.6. The van der Waals surface area contributed by atoms with Gasteiger partial charge in [-0.2, -0.15) is 4.98 Å². The van der Waals surface area contributed by atoms with Gasteiger partial charge < -0.3 is 9.42 Å². The number of pyridine rings is 1. The highest BCUT2D eigenvalue weighted by molar-refractivity contribution is 5.96. The molecule has 2 atom stereocenters. The van der Waals surface area contributed by atoms with E-state index in [4.69, 9.17) is 4.52 Å². The molecule has 148 valence electrons. The predicted octanol–water partition coefficient (Wildman–Crippen LogP) is 3.74. The summed E-state index contributed by atoms with van der Waals surface area (Å²) in [4.78, 5) is 23.4. The van der Waals surface area contributed by atoms with E-state index < -0.39 is 5.82 Å². The third-order valence-electron chi connectivity index (χ3n) is 5.77. The zero-order chi connectivity index (χ0) is 20.0. The lowest BCUT2D eigenvalue weighted by molar-refractivity contribution is 0.0582. The fourth-order valence-electron chi connectivity index (χ4n) is 4.25. The summed E-state index contributed by atoms with van der Waals surface area (Å²) in [5.74, 6) is -0.146. The van der Waals surface area contributed by atoms with Crippen LogP contribution < -0.4 is 0 Å². The molecule has 0 spiro atoms. The Bertz CT molecular complexity index is 1070. The zero-order valence-corrected chi connectivity index (χ0v) is 15.5. The molecule has 6 nitrogen and oxygen atoms in total. The molecule has 1 unspecified atom stereocenters. The molecule has 0 saturated carbocycles. The topological polar surface area (TPSA) is 72.1 Å². The first-order chi connectivity index (χ1) is 14.1. The van der Waals surface area contributed by atoms with Crippen LogP contribution in [-0.4, -0.2) is 38.5 Å². The fraction of sp³-hybridized carbons (Fsp3) is 0.333. The molecule has 4 heterocycles. The molecule has 1 aromatic carbocycles. The highest BCUT2D eigenvalue weighted by atomic mass is 19.1. The number of fused-ring (bicyclic) bond motifs is 2. The van der Waals surface area contributed by atoms with E-state index in [9.17, 15) is 13.6 Å². The Morgan fingerprint density at radius 1 is 1.07 bits per heavy atom. The van der Waals surface area contributed by atoms with E-state index in [0.717, 1.165) is 31.0 Å². The number of carbonyl (C=O) groups excluding carboxylic acids is 1. The average molecular weight is 396 g/mol. The molecule has 1 fully saturated rings. The largest absolute Gasteiger partial charge is 0.335 e. The Balaban J connectivity index is 1.39. The maximum absolute atomic E-state index is 13.6. The molecule has 2 aliphatic heterocycles. The Hall–Kier alpha value is -3.16. The lowest BCUT2D eigenvalue weighted by atomic mass is 9.90. The van der Waals surface area contributed by atoms with Crippen LogP contribution in [0.25, 0.3) is 11.6 Å². The molecule has 0 aliphatic carbocycles. The minimum absolute atomic E-state index is 0.0600. The standard InChI is InChI=1S/C21H18F2N4O2/c22-14-3-7-17-12(9-14)1-5-16-6-2-13(11-27(16)21(17)28)19-25-20(29-26-19)18-8-4-15(23)10-24-18/h3-4,7-10,13,16H,1-2,5-6,11H2/t13?,16-/m1/s1. The molecular formula is C21H18F2N4O2. The summed E-state index contributed by atoms with van der Waals surface area (Å²) in [6, 6.07) is 7.26. The highest BCUT2D eigenvalue weighted by Gasteiger charge is 2.37. The monoisotopic (exact) mass is 396 g/mol. The van der Waals surface area contributed by atoms with Crippen molar-refractivity contribution in [3.8, 4) is 11.6 Å². The third-order valence-corrected chi connectivity index (χ3v) is 5.77. The van der Waals surface area contributed by atoms with Gasteiger partial charge in [0.1, 0.15) is 17.3 Å². The van der Waals surface area contributed by atoms with Crippen LogP contribution in [0.1, 0.15) is 46.9 Å². The number of amides is 1. The minimum atomic E-state index is -0.438. The average Bonchev–Trinajstić information content (AvgIpc) is 3.18. The Kier molecular flexibility index (Phi) is 4.34. The summed E-state index contributed by atoms with van der Waals surface area (Å²) >= 11 is 0. The molecule has 0 radical (unpaired) electrons. The molecule has 1 saturated heterocycles. The van der Waals surface area contributed by atoms with Crippen LogP contribution in [0.5, 0.6) is 0 Å². The summed E-state index contributed by atoms with van der Waals surface area (Å²) in [7, 11) is 0. The molecule has 8 heteroatoms. The number of halogens is 2. The van der Waals surface area contributed by atoms with Crippen molar-refractivity contribution in [1.29, 1.82) is 0 Å². The van der Waals surface area contributed by atoms with Gasteiger partial charge in [-0.1, -0.05) is 5.16 Å². The molecular weight excluding hydrogens is 378 g/mol. The smallest absolute Gasteiger partial charge is 0.276 e. The Labute approximate surface area is 165 Å². The lowest BCUT2D eigenvalue weighted by Gasteiger charge is -2.37. The lowest BCUT2D eigenvalue weighted by Crippen LogP contribution is -2.45. The Morgan fingerprint density at radius 3 is 2.76 bits per heavy atom. The fourth-order valence-corrected chi connectivity index (χ4v) is 4.25. The number of rotatable bonds is 2. The number of hydrogen-bond acceptors (Lipinski definition) is 5. The van der Waals surface area contributed by atoms with Crippen LogP contribution in [-0.2, 0) is 6.42 Å². The highest BCUT2D eigenvalue weighted by Crippen LogP contribution is 2.35. The molecule has 2 aliphatic rings. The normalized spacial score (nSPS) is 21.4. The predicted molar refractivity (Wildman–Crippen MR) is 99.0 cm³/mol. The number of piperidine rings is 1. The zero-order valence-electron chi connectivity index (χ0n) is 15.5. The first kappa shape index (κ1) is 17.9. The first-order valence-electron chi connectivity index (χ1n) is 9.63. The second-order valence-corrected chi connectivity index (χ2v) is 7.55. The second-order valence-electron chi connectivity index (χ2n) is 7.55. The van der Waals surface area contributed by atoms with Crippen LogP contribution in [0.3, 0.4) is 0 Å². The minimum Gasteiger partial charge on any atom is -0.335 e. The van der Waals surface area contributed by atoms with Crippen LogP contribution in [0.15, 0.2) is 41.1 Å². The van der Waals surface area contributed by atoms with E-state index in [1.54, 1.807) is 6.07 Å².